The molecule has 100 valence electrons. The van der Waals surface area contributed by atoms with Crippen LogP contribution < -0.4 is 5.73 Å². The van der Waals surface area contributed by atoms with Gasteiger partial charge in [0.15, 0.2) is 0 Å². The Kier molecular flexibility index (Phi) is 3.69. The zero-order chi connectivity index (χ0) is 14.0. The van der Waals surface area contributed by atoms with Gasteiger partial charge in [-0.25, -0.2) is 4.68 Å². The highest BCUT2D eigenvalue weighted by Crippen LogP contribution is 2.17. The summed E-state index contributed by atoms with van der Waals surface area (Å²) in [6.07, 6.45) is 1.88. The number of hydrogen-bond acceptors (Lipinski definition) is 2. The zero-order valence-corrected chi connectivity index (χ0v) is 11.7. The summed E-state index contributed by atoms with van der Waals surface area (Å²) in [5, 5.41) is 12.1. The van der Waals surface area contributed by atoms with Gasteiger partial charge >= 0.3 is 0 Å². The van der Waals surface area contributed by atoms with Crippen LogP contribution in [0.4, 0.5) is 0 Å². The molecule has 3 N–H and O–H groups in total. The number of rotatable bonds is 4. The zero-order valence-electron chi connectivity index (χ0n) is 11.7. The molecule has 0 aliphatic heterocycles. The maximum absolute atomic E-state index is 7.52. The highest BCUT2D eigenvalue weighted by Gasteiger charge is 2.09. The topological polar surface area (TPSA) is 67.7 Å². The van der Waals surface area contributed by atoms with Gasteiger partial charge in [0.05, 0.1) is 11.4 Å². The van der Waals surface area contributed by atoms with Crippen LogP contribution in [0.2, 0.25) is 0 Å². The van der Waals surface area contributed by atoms with E-state index in [9.17, 15) is 0 Å². The van der Waals surface area contributed by atoms with Crippen molar-refractivity contribution in [2.45, 2.75) is 33.6 Å². The minimum atomic E-state index is 0.106. The second-order valence-electron chi connectivity index (χ2n) is 4.66. The Balaban J connectivity index is 2.50. The predicted molar refractivity (Wildman–Crippen MR) is 78.1 cm³/mol. The van der Waals surface area contributed by atoms with Crippen LogP contribution in [0.1, 0.15) is 36.4 Å². The maximum atomic E-state index is 7.52. The minimum Gasteiger partial charge on any atom is -0.384 e. The second kappa shape index (κ2) is 5.26. The maximum Gasteiger partial charge on any atom is 0.123 e. The van der Waals surface area contributed by atoms with Crippen molar-refractivity contribution in [2.75, 3.05) is 0 Å². The van der Waals surface area contributed by atoms with Gasteiger partial charge < -0.3 is 5.73 Å². The van der Waals surface area contributed by atoms with Crippen molar-refractivity contribution in [3.63, 3.8) is 0 Å². The first-order valence-electron chi connectivity index (χ1n) is 6.60. The molecule has 0 aliphatic carbocycles. The van der Waals surface area contributed by atoms with Crippen molar-refractivity contribution in [2.24, 2.45) is 5.73 Å². The smallest absolute Gasteiger partial charge is 0.123 e. The number of amidine groups is 1. The van der Waals surface area contributed by atoms with Crippen molar-refractivity contribution in [1.82, 2.24) is 9.78 Å². The molecule has 0 aliphatic rings. The lowest BCUT2D eigenvalue weighted by atomic mass is 10.1. The van der Waals surface area contributed by atoms with Gasteiger partial charge in [-0.1, -0.05) is 13.8 Å². The lowest BCUT2D eigenvalue weighted by Crippen LogP contribution is -2.13. The highest BCUT2D eigenvalue weighted by atomic mass is 15.3. The van der Waals surface area contributed by atoms with Crippen LogP contribution in [-0.4, -0.2) is 15.6 Å². The minimum absolute atomic E-state index is 0.106. The molecular weight excluding hydrogens is 236 g/mol. The summed E-state index contributed by atoms with van der Waals surface area (Å²) in [4.78, 5) is 0. The Labute approximate surface area is 113 Å². The fourth-order valence-corrected chi connectivity index (χ4v) is 2.20. The van der Waals surface area contributed by atoms with Gasteiger partial charge in [0.2, 0.25) is 0 Å². The molecule has 0 radical (unpaired) electrons. The van der Waals surface area contributed by atoms with Crippen molar-refractivity contribution >= 4 is 5.84 Å². The van der Waals surface area contributed by atoms with E-state index in [0.717, 1.165) is 35.3 Å². The molecule has 19 heavy (non-hydrogen) atoms. The van der Waals surface area contributed by atoms with E-state index in [0.29, 0.717) is 0 Å². The first kappa shape index (κ1) is 13.3. The van der Waals surface area contributed by atoms with E-state index in [1.54, 1.807) is 0 Å². The van der Waals surface area contributed by atoms with E-state index in [1.807, 2.05) is 29.8 Å². The number of nitrogens with two attached hydrogens (primary N) is 1. The van der Waals surface area contributed by atoms with Crippen molar-refractivity contribution in [3.05, 3.63) is 46.8 Å². The summed E-state index contributed by atoms with van der Waals surface area (Å²) in [6, 6.07) is 8.03. The van der Waals surface area contributed by atoms with Crippen LogP contribution in [0.25, 0.3) is 5.69 Å². The molecule has 0 amide bonds. The van der Waals surface area contributed by atoms with Crippen LogP contribution in [0.5, 0.6) is 0 Å². The fourth-order valence-electron chi connectivity index (χ4n) is 2.20. The molecule has 1 heterocycles. The summed E-state index contributed by atoms with van der Waals surface area (Å²) >= 11 is 0. The molecule has 1 aromatic heterocycles. The molecule has 0 spiro atoms. The molecule has 0 atom stereocenters. The number of nitrogens with one attached hydrogen (secondary N) is 1. The van der Waals surface area contributed by atoms with Crippen LogP contribution in [0.3, 0.4) is 0 Å². The van der Waals surface area contributed by atoms with Gasteiger partial charge in [-0.05, 0) is 49.6 Å². The SMILES string of the molecule is CCc1cc(CC)n(-c2ccc(C(=N)N)c(C)c2)n1. The van der Waals surface area contributed by atoms with Gasteiger partial charge in [0, 0.05) is 11.3 Å². The van der Waals surface area contributed by atoms with E-state index < -0.39 is 0 Å². The lowest BCUT2D eigenvalue weighted by molar-refractivity contribution is 0.793. The third kappa shape index (κ3) is 2.52. The molecule has 4 nitrogen and oxygen atoms in total. The van der Waals surface area contributed by atoms with E-state index in [2.05, 4.69) is 25.0 Å². The molecule has 0 bridgehead atoms. The Morgan fingerprint density at radius 2 is 2.00 bits per heavy atom. The normalized spacial score (nSPS) is 10.7. The summed E-state index contributed by atoms with van der Waals surface area (Å²) in [7, 11) is 0. The van der Waals surface area contributed by atoms with Gasteiger partial charge in [-0.3, -0.25) is 5.41 Å². The van der Waals surface area contributed by atoms with E-state index in [-0.39, 0.29) is 5.84 Å². The number of hydrogen-bond donors (Lipinski definition) is 2. The summed E-state index contributed by atoms with van der Waals surface area (Å²) in [6.45, 7) is 6.20. The highest BCUT2D eigenvalue weighted by molar-refractivity contribution is 5.96. The van der Waals surface area contributed by atoms with E-state index in [1.165, 1.54) is 5.69 Å². The molecule has 0 saturated heterocycles. The average Bonchev–Trinajstić information content (AvgIpc) is 2.81. The van der Waals surface area contributed by atoms with Crippen LogP contribution in [-0.2, 0) is 12.8 Å². The fraction of sp³-hybridized carbons (Fsp3) is 0.333. The van der Waals surface area contributed by atoms with Gasteiger partial charge in [-0.2, -0.15) is 5.10 Å². The number of nitrogen functional groups attached to an aromatic ring is 1. The Morgan fingerprint density at radius 3 is 2.53 bits per heavy atom. The second-order valence-corrected chi connectivity index (χ2v) is 4.66. The molecule has 4 heteroatoms. The van der Waals surface area contributed by atoms with Crippen LogP contribution in [0.15, 0.2) is 24.3 Å². The van der Waals surface area contributed by atoms with E-state index >= 15 is 0 Å². The first-order valence-corrected chi connectivity index (χ1v) is 6.60. The number of benzene rings is 1. The van der Waals surface area contributed by atoms with Gasteiger partial charge in [0.1, 0.15) is 5.84 Å². The third-order valence-electron chi connectivity index (χ3n) is 3.30. The molecule has 0 fully saturated rings. The van der Waals surface area contributed by atoms with Crippen molar-refractivity contribution in [1.29, 1.82) is 5.41 Å². The van der Waals surface area contributed by atoms with Crippen LogP contribution in [0, 0.1) is 12.3 Å². The van der Waals surface area contributed by atoms with Crippen molar-refractivity contribution < 1.29 is 0 Å². The summed E-state index contributed by atoms with van der Waals surface area (Å²) in [5.41, 5.74) is 10.7. The quantitative estimate of drug-likeness (QED) is 0.652. The van der Waals surface area contributed by atoms with Gasteiger partial charge in [0.25, 0.3) is 0 Å². The van der Waals surface area contributed by atoms with Crippen LogP contribution >= 0.6 is 0 Å². The Bertz CT molecular complexity index is 611. The largest absolute Gasteiger partial charge is 0.384 e. The number of aryl methyl sites for hydroxylation is 3. The molecule has 0 unspecified atom stereocenters. The standard InChI is InChI=1S/C15H20N4/c1-4-11-9-12(5-2)19(18-11)13-6-7-14(15(16)17)10(3)8-13/h6-9H,4-5H2,1-3H3,(H3,16,17). The lowest BCUT2D eigenvalue weighted by Gasteiger charge is -2.09. The molecule has 1 aromatic carbocycles. The number of nitrogens with zero attached hydrogens (tertiary/aromatic N) is 2. The molecule has 2 rings (SSSR count). The first-order chi connectivity index (χ1) is 9.06. The number of aromatic nitrogens is 2. The summed E-state index contributed by atoms with van der Waals surface area (Å²) in [5.74, 6) is 0.106. The van der Waals surface area contributed by atoms with E-state index in [4.69, 9.17) is 11.1 Å². The average molecular weight is 256 g/mol. The van der Waals surface area contributed by atoms with Crippen molar-refractivity contribution in [3.8, 4) is 5.69 Å². The summed E-state index contributed by atoms with van der Waals surface area (Å²) < 4.78 is 1.98. The molecular formula is C15H20N4. The monoisotopic (exact) mass is 256 g/mol. The Morgan fingerprint density at radius 1 is 1.26 bits per heavy atom. The predicted octanol–water partition coefficient (Wildman–Crippen LogP) is 2.59. The molecule has 0 saturated carbocycles. The third-order valence-corrected chi connectivity index (χ3v) is 3.30. The Hall–Kier alpha value is -2.10. The van der Waals surface area contributed by atoms with Gasteiger partial charge in [-0.15, -0.1) is 0 Å². The molecule has 2 aromatic rings.